The van der Waals surface area contributed by atoms with Gasteiger partial charge in [-0.25, -0.2) is 18.7 Å². The maximum absolute atomic E-state index is 14.9. The second-order valence-electron chi connectivity index (χ2n) is 9.23. The molecule has 0 amide bonds. The summed E-state index contributed by atoms with van der Waals surface area (Å²) in [6.45, 7) is 7.19. The smallest absolute Gasteiger partial charge is 0.178 e. The van der Waals surface area contributed by atoms with Crippen LogP contribution < -0.4 is 15.0 Å². The Labute approximate surface area is 198 Å². The highest BCUT2D eigenvalue weighted by molar-refractivity contribution is 5.74. The van der Waals surface area contributed by atoms with Crippen LogP contribution in [0.3, 0.4) is 0 Å². The number of fused-ring (bicyclic) bond motifs is 1. The van der Waals surface area contributed by atoms with Gasteiger partial charge in [-0.15, -0.1) is 0 Å². The number of nitrogens with one attached hydrogen (secondary N) is 1. The minimum Gasteiger partial charge on any atom is -0.486 e. The third-order valence-corrected chi connectivity index (χ3v) is 6.63. The fourth-order valence-corrected chi connectivity index (χ4v) is 4.78. The predicted molar refractivity (Wildman–Crippen MR) is 127 cm³/mol. The molecule has 1 N–H and O–H groups in total. The third kappa shape index (κ3) is 4.59. The van der Waals surface area contributed by atoms with Crippen LogP contribution in [0.2, 0.25) is 0 Å². The van der Waals surface area contributed by atoms with Gasteiger partial charge in [0.25, 0.3) is 0 Å². The molecule has 178 valence electrons. The van der Waals surface area contributed by atoms with Gasteiger partial charge in [0.05, 0.1) is 24.8 Å². The van der Waals surface area contributed by atoms with Crippen molar-refractivity contribution in [3.8, 4) is 16.9 Å². The van der Waals surface area contributed by atoms with Crippen LogP contribution in [-0.4, -0.2) is 47.2 Å². The topological polar surface area (TPSA) is 63.2 Å². The van der Waals surface area contributed by atoms with Crippen LogP contribution in [-0.2, 0) is 6.42 Å². The number of pyridine rings is 1. The maximum atomic E-state index is 14.9. The summed E-state index contributed by atoms with van der Waals surface area (Å²) in [7, 11) is 0. The minimum atomic E-state index is -0.502. The molecule has 0 atom stereocenters. The van der Waals surface area contributed by atoms with E-state index in [1.54, 1.807) is 12.1 Å². The van der Waals surface area contributed by atoms with E-state index in [2.05, 4.69) is 25.2 Å². The molecule has 0 unspecified atom stereocenters. The number of benzene rings is 1. The number of hydrogen-bond acceptors (Lipinski definition) is 6. The summed E-state index contributed by atoms with van der Waals surface area (Å²) in [5, 5.41) is 3.37. The van der Waals surface area contributed by atoms with Crippen molar-refractivity contribution >= 4 is 5.69 Å². The first-order chi connectivity index (χ1) is 16.5. The van der Waals surface area contributed by atoms with Gasteiger partial charge in [0.15, 0.2) is 11.6 Å². The first kappa shape index (κ1) is 22.7. The first-order valence-corrected chi connectivity index (χ1v) is 11.9. The van der Waals surface area contributed by atoms with Gasteiger partial charge in [-0.05, 0) is 75.0 Å². The Kier molecular flexibility index (Phi) is 6.41. The van der Waals surface area contributed by atoms with Gasteiger partial charge in [-0.1, -0.05) is 0 Å². The average Bonchev–Trinajstić information content (AvgIpc) is 2.86. The fourth-order valence-electron chi connectivity index (χ4n) is 4.78. The molecule has 34 heavy (non-hydrogen) atoms. The molecule has 0 spiro atoms. The van der Waals surface area contributed by atoms with Crippen LogP contribution >= 0.6 is 0 Å². The van der Waals surface area contributed by atoms with Crippen molar-refractivity contribution in [2.24, 2.45) is 0 Å². The normalized spacial score (nSPS) is 16.4. The van der Waals surface area contributed by atoms with E-state index in [0.717, 1.165) is 31.5 Å². The van der Waals surface area contributed by atoms with E-state index in [1.807, 2.05) is 26.2 Å². The molecule has 2 aliphatic rings. The van der Waals surface area contributed by atoms with E-state index < -0.39 is 11.6 Å². The Morgan fingerprint density at radius 3 is 2.53 bits per heavy atom. The summed E-state index contributed by atoms with van der Waals surface area (Å²) in [5.74, 6) is 0.337. The monoisotopic (exact) mass is 465 g/mol. The number of ether oxygens (including phenoxy) is 1. The van der Waals surface area contributed by atoms with Crippen LogP contribution in [0, 0.1) is 11.6 Å². The van der Waals surface area contributed by atoms with Crippen LogP contribution in [0.4, 0.5) is 14.5 Å². The number of nitrogens with zero attached hydrogens (tertiary/aromatic N) is 4. The number of rotatable bonds is 5. The molecule has 1 saturated heterocycles. The summed E-state index contributed by atoms with van der Waals surface area (Å²) < 4.78 is 35.3. The Morgan fingerprint density at radius 1 is 1.03 bits per heavy atom. The summed E-state index contributed by atoms with van der Waals surface area (Å²) in [6.07, 6.45) is 7.51. The van der Waals surface area contributed by atoms with Gasteiger partial charge < -0.3 is 15.0 Å². The van der Waals surface area contributed by atoms with Crippen molar-refractivity contribution in [3.05, 3.63) is 65.5 Å². The molecule has 8 heteroatoms. The van der Waals surface area contributed by atoms with E-state index in [-0.39, 0.29) is 11.8 Å². The molecule has 5 rings (SSSR count). The standard InChI is InChI=1S/C26H29F2N5O/c1-16(2)33-7-8-34-26-22(27)9-18(10-24(26)33)21-11-20(30-15-23(21)28)12-25-31-13-19(14-32-25)17-3-5-29-6-4-17/h9-11,13-17,29H,3-8,12H2,1-2H3. The molecule has 1 aromatic carbocycles. The van der Waals surface area contributed by atoms with Crippen LogP contribution in [0.15, 0.2) is 36.8 Å². The van der Waals surface area contributed by atoms with Gasteiger partial charge >= 0.3 is 0 Å². The zero-order valence-corrected chi connectivity index (χ0v) is 19.5. The van der Waals surface area contributed by atoms with Crippen molar-refractivity contribution in [2.45, 2.75) is 45.1 Å². The molecule has 6 nitrogen and oxygen atoms in total. The van der Waals surface area contributed by atoms with Crippen LogP contribution in [0.1, 0.15) is 49.7 Å². The summed E-state index contributed by atoms with van der Waals surface area (Å²) in [5.41, 5.74) is 3.18. The molecule has 2 aliphatic heterocycles. The van der Waals surface area contributed by atoms with Crippen LogP contribution in [0.25, 0.3) is 11.1 Å². The predicted octanol–water partition coefficient (Wildman–Crippen LogP) is 4.48. The van der Waals surface area contributed by atoms with E-state index in [4.69, 9.17) is 4.74 Å². The van der Waals surface area contributed by atoms with Gasteiger partial charge in [0.1, 0.15) is 18.2 Å². The second kappa shape index (κ2) is 9.62. The lowest BCUT2D eigenvalue weighted by atomic mass is 9.92. The molecule has 1 fully saturated rings. The Balaban J connectivity index is 1.41. The Bertz CT molecular complexity index is 1160. The van der Waals surface area contributed by atoms with E-state index >= 15 is 0 Å². The minimum absolute atomic E-state index is 0.167. The zero-order valence-electron chi connectivity index (χ0n) is 19.5. The van der Waals surface area contributed by atoms with Gasteiger partial charge in [-0.3, -0.25) is 4.98 Å². The molecule has 2 aromatic heterocycles. The summed E-state index contributed by atoms with van der Waals surface area (Å²) in [6, 6.07) is 4.95. The number of halogens is 2. The van der Waals surface area contributed by atoms with Crippen LogP contribution in [0.5, 0.6) is 5.75 Å². The average molecular weight is 466 g/mol. The molecule has 4 heterocycles. The van der Waals surface area contributed by atoms with Gasteiger partial charge in [0.2, 0.25) is 0 Å². The summed E-state index contributed by atoms with van der Waals surface area (Å²) >= 11 is 0. The van der Waals surface area contributed by atoms with Gasteiger partial charge in [-0.2, -0.15) is 0 Å². The van der Waals surface area contributed by atoms with Crippen molar-refractivity contribution in [2.75, 3.05) is 31.1 Å². The molecule has 3 aromatic rings. The number of hydrogen-bond donors (Lipinski definition) is 1. The quantitative estimate of drug-likeness (QED) is 0.600. The van der Waals surface area contributed by atoms with Gasteiger partial charge in [0, 0.05) is 29.7 Å². The Morgan fingerprint density at radius 2 is 1.79 bits per heavy atom. The lowest BCUT2D eigenvalue weighted by Gasteiger charge is -2.35. The van der Waals surface area contributed by atoms with Crippen molar-refractivity contribution in [1.29, 1.82) is 0 Å². The number of anilines is 1. The van der Waals surface area contributed by atoms with E-state index in [0.29, 0.717) is 53.8 Å². The maximum Gasteiger partial charge on any atom is 0.178 e. The Hall–Kier alpha value is -3.13. The molecule has 0 aliphatic carbocycles. The first-order valence-electron chi connectivity index (χ1n) is 11.9. The summed E-state index contributed by atoms with van der Waals surface area (Å²) in [4.78, 5) is 15.4. The molecule has 0 radical (unpaired) electrons. The van der Waals surface area contributed by atoms with Crippen molar-refractivity contribution in [1.82, 2.24) is 20.3 Å². The number of piperidine rings is 1. The molecule has 0 saturated carbocycles. The highest BCUT2D eigenvalue weighted by Crippen LogP contribution is 2.39. The number of aromatic nitrogens is 3. The lowest BCUT2D eigenvalue weighted by molar-refractivity contribution is 0.287. The molecular formula is C26H29F2N5O. The van der Waals surface area contributed by atoms with Crippen molar-refractivity contribution in [3.63, 3.8) is 0 Å². The highest BCUT2D eigenvalue weighted by Gasteiger charge is 2.25. The fraction of sp³-hybridized carbons (Fsp3) is 0.423. The van der Waals surface area contributed by atoms with E-state index in [1.165, 1.54) is 12.3 Å². The largest absolute Gasteiger partial charge is 0.486 e. The lowest BCUT2D eigenvalue weighted by Crippen LogP contribution is -2.38. The molecular weight excluding hydrogens is 436 g/mol. The third-order valence-electron chi connectivity index (χ3n) is 6.63. The van der Waals surface area contributed by atoms with Crippen molar-refractivity contribution < 1.29 is 13.5 Å². The van der Waals surface area contributed by atoms with E-state index in [9.17, 15) is 8.78 Å². The second-order valence-corrected chi connectivity index (χ2v) is 9.23. The zero-order chi connectivity index (χ0) is 23.7. The molecule has 0 bridgehead atoms. The SMILES string of the molecule is CC(C)N1CCOc2c(F)cc(-c3cc(Cc4ncc(C5CCNCC5)cn4)ncc3F)cc21. The highest BCUT2D eigenvalue weighted by atomic mass is 19.1.